The van der Waals surface area contributed by atoms with Crippen molar-refractivity contribution in [1.29, 1.82) is 0 Å². The van der Waals surface area contributed by atoms with Crippen molar-refractivity contribution >= 4 is 35.8 Å². The van der Waals surface area contributed by atoms with Gasteiger partial charge in [0.15, 0.2) is 30.6 Å². The zero-order valence-corrected chi connectivity index (χ0v) is 41.3. The Morgan fingerprint density at radius 1 is 0.676 bits per heavy atom. The highest BCUT2D eigenvalue weighted by atomic mass is 16.8. The molecule has 10 aliphatic rings. The molecule has 6 heterocycles. The summed E-state index contributed by atoms with van der Waals surface area (Å²) in [4.78, 5) is 76.7. The van der Waals surface area contributed by atoms with Gasteiger partial charge in [0.25, 0.3) is 0 Å². The van der Waals surface area contributed by atoms with Crippen LogP contribution >= 0.6 is 0 Å². The molecule has 0 aromatic heterocycles. The SMILES string of the molecule is COC(=O)C(C)[C@H]1CCC23C4OC(=O)C12OC1OC(O)[C@H](OC)C13[C@H](C(C)(C)C)[C@H]4OC(C)=O.COC(=O)C(C)[C@H]1CCC23C4OC(O)C12OC1OC(=O)[C@H](OC)C13[C@H](C(C)(C)C)[C@H]4OC(C)=O. The molecule has 0 aromatic rings. The van der Waals surface area contributed by atoms with Crippen LogP contribution in [0.4, 0.5) is 0 Å². The average molecular weight is 965 g/mol. The summed E-state index contributed by atoms with van der Waals surface area (Å²) in [5.41, 5.74) is -8.09. The highest BCUT2D eigenvalue weighted by Gasteiger charge is 2.99. The van der Waals surface area contributed by atoms with Gasteiger partial charge < -0.3 is 67.1 Å². The summed E-state index contributed by atoms with van der Waals surface area (Å²) >= 11 is 0. The van der Waals surface area contributed by atoms with Gasteiger partial charge in [-0.1, -0.05) is 55.4 Å². The Balaban J connectivity index is 0.000000170. The molecule has 0 aromatic carbocycles. The first-order valence-corrected chi connectivity index (χ1v) is 23.7. The number of ether oxygens (including phenoxy) is 12. The molecule has 0 radical (unpaired) electrons. The van der Waals surface area contributed by atoms with Crippen LogP contribution < -0.4 is 0 Å². The average Bonchev–Trinajstić information content (AvgIpc) is 4.12. The predicted molar refractivity (Wildman–Crippen MR) is 225 cm³/mol. The molecule has 6 aliphatic heterocycles. The largest absolute Gasteiger partial charge is 0.469 e. The number of carbonyl (C=O) groups excluding carboxylic acids is 6. The number of rotatable bonds is 8. The second-order valence-corrected chi connectivity index (χ2v) is 23.0. The van der Waals surface area contributed by atoms with Gasteiger partial charge in [-0.2, -0.15) is 0 Å². The molecule has 0 amide bonds. The molecular formula is C48H68O20. The van der Waals surface area contributed by atoms with Crippen molar-refractivity contribution in [2.75, 3.05) is 28.4 Å². The summed E-state index contributed by atoms with van der Waals surface area (Å²) in [6.45, 7) is 18.2. The maximum Gasteiger partial charge on any atom is 0.340 e. The van der Waals surface area contributed by atoms with Gasteiger partial charge in [0.2, 0.25) is 6.29 Å². The van der Waals surface area contributed by atoms with Crippen LogP contribution in [0.15, 0.2) is 0 Å². The Hall–Kier alpha value is -3.50. The first-order valence-electron chi connectivity index (χ1n) is 23.7. The van der Waals surface area contributed by atoms with Crippen molar-refractivity contribution in [3.63, 3.8) is 0 Å². The summed E-state index contributed by atoms with van der Waals surface area (Å²) in [5, 5.41) is 22.4. The molecule has 14 unspecified atom stereocenters. The Morgan fingerprint density at radius 3 is 1.74 bits per heavy atom. The van der Waals surface area contributed by atoms with Crippen molar-refractivity contribution in [2.45, 2.75) is 168 Å². The van der Waals surface area contributed by atoms with Crippen LogP contribution in [0.25, 0.3) is 0 Å². The highest BCUT2D eigenvalue weighted by Crippen LogP contribution is 2.86. The third-order valence-corrected chi connectivity index (χ3v) is 18.7. The van der Waals surface area contributed by atoms with Gasteiger partial charge in [-0.05, 0) is 36.5 Å². The second kappa shape index (κ2) is 15.5. The van der Waals surface area contributed by atoms with Gasteiger partial charge >= 0.3 is 35.8 Å². The van der Waals surface area contributed by atoms with E-state index in [1.165, 1.54) is 42.3 Å². The lowest BCUT2D eigenvalue weighted by Crippen LogP contribution is -2.60. The van der Waals surface area contributed by atoms with E-state index in [0.717, 1.165) is 0 Å². The third-order valence-electron chi connectivity index (χ3n) is 18.7. The van der Waals surface area contributed by atoms with Crippen LogP contribution in [0, 0.1) is 68.0 Å². The zero-order valence-electron chi connectivity index (χ0n) is 41.3. The van der Waals surface area contributed by atoms with E-state index < -0.39 is 177 Å². The minimum absolute atomic E-state index is 0.427. The molecule has 6 saturated heterocycles. The quantitative estimate of drug-likeness (QED) is 0.262. The first kappa shape index (κ1) is 49.5. The number of hydrogen-bond donors (Lipinski definition) is 2. The van der Waals surface area contributed by atoms with Gasteiger partial charge in [-0.25, -0.2) is 9.59 Å². The maximum absolute atomic E-state index is 13.8. The number of aliphatic hydroxyl groups excluding tert-OH is 2. The number of carbonyl (C=O) groups is 6. The van der Waals surface area contributed by atoms with E-state index in [-0.39, 0.29) is 0 Å². The molecule has 2 N–H and O–H groups in total. The fourth-order valence-electron chi connectivity index (χ4n) is 17.6. The van der Waals surface area contributed by atoms with Crippen molar-refractivity contribution in [3.05, 3.63) is 0 Å². The van der Waals surface area contributed by atoms with E-state index in [1.54, 1.807) is 13.8 Å². The number of aliphatic hydroxyl groups is 2. The maximum atomic E-state index is 13.8. The van der Waals surface area contributed by atoms with Crippen molar-refractivity contribution in [2.24, 2.45) is 68.0 Å². The van der Waals surface area contributed by atoms with E-state index in [0.29, 0.717) is 25.7 Å². The van der Waals surface area contributed by atoms with Gasteiger partial charge in [-0.15, -0.1) is 0 Å². The molecule has 4 aliphatic carbocycles. The van der Waals surface area contributed by atoms with Crippen LogP contribution in [0.3, 0.4) is 0 Å². The van der Waals surface area contributed by atoms with Crippen molar-refractivity contribution < 1.29 is 95.8 Å². The Labute approximate surface area is 395 Å². The van der Waals surface area contributed by atoms with Gasteiger partial charge in [-0.3, -0.25) is 19.2 Å². The Bertz CT molecular complexity index is 2150. The van der Waals surface area contributed by atoms with Gasteiger partial charge in [0.1, 0.15) is 36.1 Å². The number of esters is 6. The summed E-state index contributed by atoms with van der Waals surface area (Å²) < 4.78 is 70.8. The Morgan fingerprint density at radius 2 is 1.21 bits per heavy atom. The van der Waals surface area contributed by atoms with E-state index in [2.05, 4.69) is 0 Å². The molecule has 20 heteroatoms. The predicted octanol–water partition coefficient (Wildman–Crippen LogP) is 2.34. The Kier molecular flexibility index (Phi) is 11.3. The van der Waals surface area contributed by atoms with E-state index in [4.69, 9.17) is 56.8 Å². The molecule has 68 heavy (non-hydrogen) atoms. The van der Waals surface area contributed by atoms with E-state index in [9.17, 15) is 39.0 Å². The van der Waals surface area contributed by atoms with Crippen LogP contribution in [0.2, 0.25) is 0 Å². The summed E-state index contributed by atoms with van der Waals surface area (Å²) in [6, 6.07) is 0. The lowest BCUT2D eigenvalue weighted by molar-refractivity contribution is -0.253. The topological polar surface area (TPSA) is 254 Å². The number of methoxy groups -OCH3 is 4. The fraction of sp³-hybridized carbons (Fsp3) is 0.875. The minimum Gasteiger partial charge on any atom is -0.469 e. The van der Waals surface area contributed by atoms with E-state index >= 15 is 0 Å². The summed E-state index contributed by atoms with van der Waals surface area (Å²) in [5.74, 6) is -6.21. The molecular weight excluding hydrogens is 897 g/mol. The van der Waals surface area contributed by atoms with Gasteiger partial charge in [0, 0.05) is 51.7 Å². The molecule has 22 atom stereocenters. The monoisotopic (exact) mass is 964 g/mol. The molecule has 0 bridgehead atoms. The lowest BCUT2D eigenvalue weighted by Gasteiger charge is -2.48. The first-order chi connectivity index (χ1) is 31.7. The van der Waals surface area contributed by atoms with Gasteiger partial charge in [0.05, 0.1) is 47.7 Å². The third kappa shape index (κ3) is 5.33. The van der Waals surface area contributed by atoms with Crippen LogP contribution in [-0.4, -0.2) is 147 Å². The smallest absolute Gasteiger partial charge is 0.340 e. The van der Waals surface area contributed by atoms with Crippen molar-refractivity contribution in [3.8, 4) is 0 Å². The highest BCUT2D eigenvalue weighted by molar-refractivity contribution is 5.88. The van der Waals surface area contributed by atoms with Crippen LogP contribution in [0.5, 0.6) is 0 Å². The van der Waals surface area contributed by atoms with Crippen LogP contribution in [-0.2, 0) is 85.6 Å². The summed E-state index contributed by atoms with van der Waals surface area (Å²) in [6.07, 6.45) is -7.93. The lowest BCUT2D eigenvalue weighted by atomic mass is 9.51. The van der Waals surface area contributed by atoms with Crippen molar-refractivity contribution in [1.82, 2.24) is 0 Å². The minimum atomic E-state index is -1.52. The second-order valence-electron chi connectivity index (χ2n) is 23.0. The zero-order chi connectivity index (χ0) is 50.0. The molecule has 380 valence electrons. The summed E-state index contributed by atoms with van der Waals surface area (Å²) in [7, 11) is 5.57. The molecule has 10 fully saturated rings. The normalized spacial score (nSPS) is 49.3. The molecule has 10 rings (SSSR count). The molecule has 4 saturated carbocycles. The number of hydrogen-bond acceptors (Lipinski definition) is 20. The fourth-order valence-corrected chi connectivity index (χ4v) is 17.6. The van der Waals surface area contributed by atoms with Crippen LogP contribution in [0.1, 0.15) is 94.9 Å². The standard InChI is InChI=1S/2C24H34O10/c2*1-10(17(26)30-7)12-8-9-22-15-13(31-11(2)25)14(21(3,4)5)23(22)16(29-6)18(27)33-20(23)34-24(12,22)19(28)32-15/h10,12-16,19-20,28H,8-9H2,1-7H3;10,12-16,18,20,27H,8-9H2,1-7H3/t10?,12-,13-,14+,15?,16+,19?,20?,22?,23?,24?;10?,12-,13-,14+,15?,16+,18?,20?,22?,23?,24?/m11/s1. The molecule has 4 spiro atoms. The molecule has 20 nitrogen and oxygen atoms in total. The van der Waals surface area contributed by atoms with E-state index in [1.807, 2.05) is 41.5 Å².